The zero-order valence-electron chi connectivity index (χ0n) is 12.7. The van der Waals surface area contributed by atoms with Crippen molar-refractivity contribution >= 4 is 17.8 Å². The summed E-state index contributed by atoms with van der Waals surface area (Å²) in [6, 6.07) is -0.368. The van der Waals surface area contributed by atoms with Gasteiger partial charge in [-0.3, -0.25) is 14.5 Å². The fourth-order valence-corrected chi connectivity index (χ4v) is 2.92. The number of urea groups is 1. The minimum absolute atomic E-state index is 0.0890. The molecule has 7 nitrogen and oxygen atoms in total. The number of carbonyl (C=O) groups excluding carboxylic acids is 3. The molecule has 0 aliphatic carbocycles. The van der Waals surface area contributed by atoms with Gasteiger partial charge in [-0.15, -0.1) is 0 Å². The second-order valence-electron chi connectivity index (χ2n) is 5.73. The summed E-state index contributed by atoms with van der Waals surface area (Å²) in [6.45, 7) is 5.17. The van der Waals surface area contributed by atoms with Gasteiger partial charge in [0, 0.05) is 6.04 Å². The number of carbonyl (C=O) groups is 3. The number of imide groups is 1. The summed E-state index contributed by atoms with van der Waals surface area (Å²) in [6.07, 6.45) is 2.81. The SMILES string of the molecule is CCC(CC)NC(=O)CN1C(=O)NC2(CCNCC2)C1=O. The molecular weight excluding hydrogens is 272 g/mol. The van der Waals surface area contributed by atoms with Crippen molar-refractivity contribution in [2.75, 3.05) is 19.6 Å². The Morgan fingerprint density at radius 2 is 1.90 bits per heavy atom. The van der Waals surface area contributed by atoms with Gasteiger partial charge in [-0.1, -0.05) is 13.8 Å². The molecule has 2 fully saturated rings. The second-order valence-corrected chi connectivity index (χ2v) is 5.73. The van der Waals surface area contributed by atoms with E-state index in [2.05, 4.69) is 16.0 Å². The first kappa shape index (κ1) is 15.8. The highest BCUT2D eigenvalue weighted by molar-refractivity contribution is 6.09. The van der Waals surface area contributed by atoms with Gasteiger partial charge in [0.05, 0.1) is 0 Å². The van der Waals surface area contributed by atoms with E-state index in [4.69, 9.17) is 0 Å². The normalized spacial score (nSPS) is 21.0. The topological polar surface area (TPSA) is 90.5 Å². The van der Waals surface area contributed by atoms with Crippen LogP contribution in [0.25, 0.3) is 0 Å². The summed E-state index contributed by atoms with van der Waals surface area (Å²) >= 11 is 0. The van der Waals surface area contributed by atoms with Crippen LogP contribution < -0.4 is 16.0 Å². The predicted molar refractivity (Wildman–Crippen MR) is 77.6 cm³/mol. The molecule has 0 aromatic heterocycles. The van der Waals surface area contributed by atoms with Gasteiger partial charge >= 0.3 is 6.03 Å². The average Bonchev–Trinajstić information content (AvgIpc) is 2.70. The molecule has 2 heterocycles. The Balaban J connectivity index is 1.98. The summed E-state index contributed by atoms with van der Waals surface area (Å²) in [5, 5.41) is 8.79. The maximum atomic E-state index is 12.5. The second kappa shape index (κ2) is 6.43. The van der Waals surface area contributed by atoms with E-state index in [-0.39, 0.29) is 24.4 Å². The largest absolute Gasteiger partial charge is 0.352 e. The van der Waals surface area contributed by atoms with Gasteiger partial charge in [0.15, 0.2) is 0 Å². The molecular formula is C14H24N4O3. The molecule has 4 amide bonds. The van der Waals surface area contributed by atoms with Crippen LogP contribution in [-0.4, -0.2) is 54.0 Å². The summed E-state index contributed by atoms with van der Waals surface area (Å²) in [7, 11) is 0. The van der Waals surface area contributed by atoms with Crippen molar-refractivity contribution in [3.63, 3.8) is 0 Å². The molecule has 0 unspecified atom stereocenters. The average molecular weight is 296 g/mol. The molecule has 0 aromatic rings. The maximum absolute atomic E-state index is 12.5. The van der Waals surface area contributed by atoms with E-state index in [0.717, 1.165) is 17.7 Å². The van der Waals surface area contributed by atoms with E-state index < -0.39 is 11.6 Å². The van der Waals surface area contributed by atoms with Gasteiger partial charge in [0.25, 0.3) is 5.91 Å². The van der Waals surface area contributed by atoms with E-state index in [1.165, 1.54) is 0 Å². The molecule has 3 N–H and O–H groups in total. The van der Waals surface area contributed by atoms with Crippen molar-refractivity contribution in [1.29, 1.82) is 0 Å². The molecule has 0 bridgehead atoms. The van der Waals surface area contributed by atoms with E-state index >= 15 is 0 Å². The fraction of sp³-hybridized carbons (Fsp3) is 0.786. The van der Waals surface area contributed by atoms with Crippen molar-refractivity contribution in [1.82, 2.24) is 20.9 Å². The Labute approximate surface area is 124 Å². The fourth-order valence-electron chi connectivity index (χ4n) is 2.92. The highest BCUT2D eigenvalue weighted by Crippen LogP contribution is 2.26. The van der Waals surface area contributed by atoms with Crippen LogP contribution in [0, 0.1) is 0 Å². The number of rotatable bonds is 5. The number of amides is 4. The molecule has 2 rings (SSSR count). The van der Waals surface area contributed by atoms with Crippen LogP contribution in [0.4, 0.5) is 4.79 Å². The van der Waals surface area contributed by atoms with Crippen LogP contribution in [0.5, 0.6) is 0 Å². The first-order valence-electron chi connectivity index (χ1n) is 7.66. The van der Waals surface area contributed by atoms with Gasteiger partial charge in [0.1, 0.15) is 12.1 Å². The van der Waals surface area contributed by atoms with E-state index in [9.17, 15) is 14.4 Å². The van der Waals surface area contributed by atoms with Crippen molar-refractivity contribution < 1.29 is 14.4 Å². The third kappa shape index (κ3) is 3.18. The Hall–Kier alpha value is -1.63. The monoisotopic (exact) mass is 296 g/mol. The van der Waals surface area contributed by atoms with E-state index in [0.29, 0.717) is 25.9 Å². The summed E-state index contributed by atoms with van der Waals surface area (Å²) in [5.41, 5.74) is -0.808. The third-order valence-electron chi connectivity index (χ3n) is 4.36. The van der Waals surface area contributed by atoms with Crippen LogP contribution in [0.15, 0.2) is 0 Å². The van der Waals surface area contributed by atoms with Crippen molar-refractivity contribution in [3.05, 3.63) is 0 Å². The Morgan fingerprint density at radius 3 is 2.48 bits per heavy atom. The first-order valence-corrected chi connectivity index (χ1v) is 7.66. The highest BCUT2D eigenvalue weighted by atomic mass is 16.2. The molecule has 21 heavy (non-hydrogen) atoms. The smallest absolute Gasteiger partial charge is 0.325 e. The van der Waals surface area contributed by atoms with E-state index in [1.807, 2.05) is 13.8 Å². The van der Waals surface area contributed by atoms with Gasteiger partial charge in [0.2, 0.25) is 5.91 Å². The minimum Gasteiger partial charge on any atom is -0.352 e. The van der Waals surface area contributed by atoms with Gasteiger partial charge in [-0.2, -0.15) is 0 Å². The number of nitrogens with one attached hydrogen (secondary N) is 3. The summed E-state index contributed by atoms with van der Waals surface area (Å²) in [5.74, 6) is -0.549. The number of piperidine rings is 1. The molecule has 7 heteroatoms. The minimum atomic E-state index is -0.808. The van der Waals surface area contributed by atoms with Gasteiger partial charge in [-0.05, 0) is 38.8 Å². The zero-order chi connectivity index (χ0) is 15.5. The molecule has 2 aliphatic rings. The van der Waals surface area contributed by atoms with Crippen LogP contribution in [0.1, 0.15) is 39.5 Å². The van der Waals surface area contributed by atoms with Gasteiger partial charge in [-0.25, -0.2) is 4.79 Å². The lowest BCUT2D eigenvalue weighted by Crippen LogP contribution is -2.54. The lowest BCUT2D eigenvalue weighted by Gasteiger charge is -2.31. The number of nitrogens with zero attached hydrogens (tertiary/aromatic N) is 1. The Kier molecular flexibility index (Phi) is 4.82. The van der Waals surface area contributed by atoms with Crippen molar-refractivity contribution in [2.24, 2.45) is 0 Å². The first-order chi connectivity index (χ1) is 10.0. The third-order valence-corrected chi connectivity index (χ3v) is 4.36. The lowest BCUT2D eigenvalue weighted by molar-refractivity contribution is -0.135. The molecule has 2 aliphatic heterocycles. The molecule has 0 saturated carbocycles. The van der Waals surface area contributed by atoms with Crippen LogP contribution in [0.2, 0.25) is 0 Å². The molecule has 2 saturated heterocycles. The Morgan fingerprint density at radius 1 is 1.29 bits per heavy atom. The molecule has 118 valence electrons. The van der Waals surface area contributed by atoms with Crippen molar-refractivity contribution in [2.45, 2.75) is 51.1 Å². The van der Waals surface area contributed by atoms with Gasteiger partial charge < -0.3 is 16.0 Å². The van der Waals surface area contributed by atoms with E-state index in [1.54, 1.807) is 0 Å². The Bertz CT molecular complexity index is 428. The number of hydrogen-bond donors (Lipinski definition) is 3. The lowest BCUT2D eigenvalue weighted by atomic mass is 9.88. The van der Waals surface area contributed by atoms with Crippen molar-refractivity contribution in [3.8, 4) is 0 Å². The highest BCUT2D eigenvalue weighted by Gasteiger charge is 2.51. The van der Waals surface area contributed by atoms with Crippen LogP contribution in [0.3, 0.4) is 0 Å². The quantitative estimate of drug-likeness (QED) is 0.621. The molecule has 1 spiro atoms. The zero-order valence-corrected chi connectivity index (χ0v) is 12.7. The summed E-state index contributed by atoms with van der Waals surface area (Å²) in [4.78, 5) is 37.5. The molecule has 0 radical (unpaired) electrons. The van der Waals surface area contributed by atoms with Crippen LogP contribution >= 0.6 is 0 Å². The molecule has 0 atom stereocenters. The summed E-state index contributed by atoms with van der Waals surface area (Å²) < 4.78 is 0. The standard InChI is InChI=1S/C14H24N4O3/c1-3-10(4-2)16-11(19)9-18-12(20)14(17-13(18)21)5-7-15-8-6-14/h10,15H,3-9H2,1-2H3,(H,16,19)(H,17,21). The molecule has 0 aromatic carbocycles. The van der Waals surface area contributed by atoms with Crippen LogP contribution in [-0.2, 0) is 9.59 Å². The number of hydrogen-bond acceptors (Lipinski definition) is 4. The maximum Gasteiger partial charge on any atom is 0.325 e. The predicted octanol–water partition coefficient (Wildman–Crippen LogP) is -0.0348.